The first-order valence-corrected chi connectivity index (χ1v) is 5.22. The Labute approximate surface area is 86.2 Å². The van der Waals surface area contributed by atoms with Crippen LogP contribution in [0.1, 0.15) is 33.1 Å². The number of ether oxygens (including phenoxy) is 1. The highest BCUT2D eigenvalue weighted by molar-refractivity contribution is 5.81. The summed E-state index contributed by atoms with van der Waals surface area (Å²) in [7, 11) is 0. The zero-order valence-electron chi connectivity index (χ0n) is 9.21. The quantitative estimate of drug-likeness (QED) is 0.331. The number of rotatable bonds is 9. The lowest BCUT2D eigenvalue weighted by molar-refractivity contribution is -0.126. The maximum absolute atomic E-state index is 11.1. The molecule has 0 saturated heterocycles. The first-order valence-electron chi connectivity index (χ1n) is 5.22. The molecular formula is C10H22N2O2. The van der Waals surface area contributed by atoms with Crippen molar-refractivity contribution in [1.29, 1.82) is 0 Å². The molecule has 84 valence electrons. The molecule has 0 aliphatic carbocycles. The maximum atomic E-state index is 11.1. The van der Waals surface area contributed by atoms with Gasteiger partial charge in [0.1, 0.15) is 6.61 Å². The van der Waals surface area contributed by atoms with Crippen LogP contribution >= 0.6 is 0 Å². The highest BCUT2D eigenvalue weighted by Crippen LogP contribution is 1.97. The molecule has 4 heteroatoms. The second-order valence-corrected chi connectivity index (χ2v) is 3.69. The van der Waals surface area contributed by atoms with Crippen molar-refractivity contribution in [2.24, 2.45) is 11.8 Å². The molecule has 0 spiro atoms. The Morgan fingerprint density at radius 1 is 1.36 bits per heavy atom. The van der Waals surface area contributed by atoms with Crippen LogP contribution in [0.25, 0.3) is 0 Å². The lowest BCUT2D eigenvalue weighted by Crippen LogP contribution is -2.22. The smallest absolute Gasteiger partial charge is 0.160 e. The third-order valence-corrected chi connectivity index (χ3v) is 2.00. The number of hydrazine groups is 1. The van der Waals surface area contributed by atoms with Gasteiger partial charge >= 0.3 is 0 Å². The minimum atomic E-state index is 0.0800. The Balaban J connectivity index is 3.10. The molecule has 3 N–H and O–H groups in total. The van der Waals surface area contributed by atoms with Crippen LogP contribution in [-0.2, 0) is 9.53 Å². The van der Waals surface area contributed by atoms with Crippen molar-refractivity contribution < 1.29 is 9.53 Å². The van der Waals surface area contributed by atoms with Gasteiger partial charge in [-0.2, -0.15) is 0 Å². The van der Waals surface area contributed by atoms with E-state index in [0.29, 0.717) is 6.61 Å². The van der Waals surface area contributed by atoms with E-state index in [1.807, 2.05) is 13.8 Å². The topological polar surface area (TPSA) is 64.3 Å². The lowest BCUT2D eigenvalue weighted by atomic mass is 10.1. The highest BCUT2D eigenvalue weighted by atomic mass is 16.5. The van der Waals surface area contributed by atoms with Gasteiger partial charge in [-0.25, -0.2) is 0 Å². The largest absolute Gasteiger partial charge is 0.374 e. The molecule has 0 radical (unpaired) electrons. The molecule has 0 aromatic rings. The molecule has 0 rings (SSSR count). The second kappa shape index (κ2) is 9.12. The van der Waals surface area contributed by atoms with Gasteiger partial charge in [-0.05, 0) is 19.3 Å². The van der Waals surface area contributed by atoms with Crippen molar-refractivity contribution in [3.05, 3.63) is 0 Å². The Kier molecular flexibility index (Phi) is 8.83. The monoisotopic (exact) mass is 202 g/mol. The maximum Gasteiger partial charge on any atom is 0.160 e. The zero-order chi connectivity index (χ0) is 10.8. The molecule has 14 heavy (non-hydrogen) atoms. The summed E-state index contributed by atoms with van der Waals surface area (Å²) in [5.41, 5.74) is 2.60. The Hall–Kier alpha value is -0.450. The SMILES string of the molecule is CC(C)C(=O)COCCCCCNN. The molecule has 0 aromatic carbocycles. The van der Waals surface area contributed by atoms with Crippen LogP contribution in [0, 0.1) is 5.92 Å². The van der Waals surface area contributed by atoms with Gasteiger partial charge in [0.15, 0.2) is 5.78 Å². The fourth-order valence-corrected chi connectivity index (χ4v) is 0.947. The van der Waals surface area contributed by atoms with E-state index in [1.54, 1.807) is 0 Å². The van der Waals surface area contributed by atoms with Gasteiger partial charge in [0.2, 0.25) is 0 Å². The van der Waals surface area contributed by atoms with Crippen molar-refractivity contribution in [2.75, 3.05) is 19.8 Å². The molecule has 0 aromatic heterocycles. The summed E-state index contributed by atoms with van der Waals surface area (Å²) in [6, 6.07) is 0. The number of ketones is 1. The molecule has 0 atom stereocenters. The van der Waals surface area contributed by atoms with E-state index in [2.05, 4.69) is 5.43 Å². The highest BCUT2D eigenvalue weighted by Gasteiger charge is 2.05. The summed E-state index contributed by atoms with van der Waals surface area (Å²) in [5.74, 6) is 5.37. The number of carbonyl (C=O) groups is 1. The van der Waals surface area contributed by atoms with Crippen molar-refractivity contribution in [3.63, 3.8) is 0 Å². The first-order chi connectivity index (χ1) is 6.68. The first kappa shape index (κ1) is 13.5. The summed E-state index contributed by atoms with van der Waals surface area (Å²) in [4.78, 5) is 11.1. The predicted molar refractivity (Wildman–Crippen MR) is 56.7 cm³/mol. The minimum Gasteiger partial charge on any atom is -0.374 e. The Bertz CT molecular complexity index is 149. The molecule has 0 heterocycles. The van der Waals surface area contributed by atoms with Crippen molar-refractivity contribution >= 4 is 5.78 Å². The van der Waals surface area contributed by atoms with E-state index < -0.39 is 0 Å². The van der Waals surface area contributed by atoms with Crippen LogP contribution in [0.15, 0.2) is 0 Å². The molecule has 0 amide bonds. The fourth-order valence-electron chi connectivity index (χ4n) is 0.947. The van der Waals surface area contributed by atoms with Crippen molar-refractivity contribution in [2.45, 2.75) is 33.1 Å². The molecular weight excluding hydrogens is 180 g/mol. The normalized spacial score (nSPS) is 10.9. The minimum absolute atomic E-state index is 0.0800. The van der Waals surface area contributed by atoms with Gasteiger partial charge in [0, 0.05) is 19.1 Å². The Morgan fingerprint density at radius 3 is 2.64 bits per heavy atom. The average Bonchev–Trinajstić information content (AvgIpc) is 2.16. The fraction of sp³-hybridized carbons (Fsp3) is 0.900. The molecule has 4 nitrogen and oxygen atoms in total. The number of nitrogens with two attached hydrogens (primary N) is 1. The van der Waals surface area contributed by atoms with Crippen LogP contribution in [0.2, 0.25) is 0 Å². The van der Waals surface area contributed by atoms with E-state index in [0.717, 1.165) is 25.8 Å². The molecule has 0 aliphatic rings. The van der Waals surface area contributed by atoms with Crippen LogP contribution in [-0.4, -0.2) is 25.5 Å². The number of unbranched alkanes of at least 4 members (excludes halogenated alkanes) is 2. The van der Waals surface area contributed by atoms with Crippen LogP contribution in [0.5, 0.6) is 0 Å². The van der Waals surface area contributed by atoms with Gasteiger partial charge in [-0.3, -0.25) is 16.1 Å². The summed E-state index contributed by atoms with van der Waals surface area (Å²) in [6.07, 6.45) is 3.13. The van der Waals surface area contributed by atoms with Gasteiger partial charge in [-0.1, -0.05) is 13.8 Å². The number of hydrogen-bond donors (Lipinski definition) is 2. The second-order valence-electron chi connectivity index (χ2n) is 3.69. The van der Waals surface area contributed by atoms with Crippen LogP contribution in [0.4, 0.5) is 0 Å². The number of nitrogens with one attached hydrogen (secondary N) is 1. The number of Topliss-reactive ketones (excluding diaryl/α,β-unsaturated/α-hetero) is 1. The van der Waals surface area contributed by atoms with E-state index in [-0.39, 0.29) is 18.3 Å². The van der Waals surface area contributed by atoms with E-state index in [9.17, 15) is 4.79 Å². The molecule has 0 unspecified atom stereocenters. The van der Waals surface area contributed by atoms with Crippen molar-refractivity contribution in [3.8, 4) is 0 Å². The molecule has 0 bridgehead atoms. The average molecular weight is 202 g/mol. The van der Waals surface area contributed by atoms with Crippen molar-refractivity contribution in [1.82, 2.24) is 5.43 Å². The van der Waals surface area contributed by atoms with E-state index in [1.165, 1.54) is 0 Å². The van der Waals surface area contributed by atoms with Gasteiger partial charge in [0.05, 0.1) is 0 Å². The summed E-state index contributed by atoms with van der Waals surface area (Å²) < 4.78 is 5.24. The lowest BCUT2D eigenvalue weighted by Gasteiger charge is -2.05. The van der Waals surface area contributed by atoms with Gasteiger partial charge < -0.3 is 4.74 Å². The van der Waals surface area contributed by atoms with Crippen LogP contribution < -0.4 is 11.3 Å². The summed E-state index contributed by atoms with van der Waals surface area (Å²) in [5, 5.41) is 0. The Morgan fingerprint density at radius 2 is 2.07 bits per heavy atom. The van der Waals surface area contributed by atoms with E-state index in [4.69, 9.17) is 10.6 Å². The zero-order valence-corrected chi connectivity index (χ0v) is 9.21. The number of carbonyl (C=O) groups excluding carboxylic acids is 1. The van der Waals surface area contributed by atoms with Gasteiger partial charge in [-0.15, -0.1) is 0 Å². The molecule has 0 aliphatic heterocycles. The molecule has 0 fully saturated rings. The van der Waals surface area contributed by atoms with E-state index >= 15 is 0 Å². The number of hydrogen-bond acceptors (Lipinski definition) is 4. The third kappa shape index (κ3) is 8.16. The standard InChI is InChI=1S/C10H22N2O2/c1-9(2)10(13)8-14-7-5-3-4-6-12-11/h9,12H,3-8,11H2,1-2H3. The van der Waals surface area contributed by atoms with Crippen LogP contribution in [0.3, 0.4) is 0 Å². The van der Waals surface area contributed by atoms with Gasteiger partial charge in [0.25, 0.3) is 0 Å². The third-order valence-electron chi connectivity index (χ3n) is 2.00. The summed E-state index contributed by atoms with van der Waals surface area (Å²) >= 11 is 0. The summed E-state index contributed by atoms with van der Waals surface area (Å²) in [6.45, 7) is 5.54. The predicted octanol–water partition coefficient (Wildman–Crippen LogP) is 0.862. The molecule has 0 saturated carbocycles.